The number of hydrogen-bond acceptors (Lipinski definition) is 2. The monoisotopic (exact) mass is 156 g/mol. The van der Waals surface area contributed by atoms with E-state index in [1.807, 2.05) is 0 Å². The van der Waals surface area contributed by atoms with E-state index in [0.717, 1.165) is 6.04 Å². The van der Waals surface area contributed by atoms with Crippen molar-refractivity contribution < 1.29 is 0 Å². The molecule has 11 heavy (non-hydrogen) atoms. The maximum Gasteiger partial charge on any atom is 0.0101 e. The summed E-state index contributed by atoms with van der Waals surface area (Å²) in [4.78, 5) is 2.35. The van der Waals surface area contributed by atoms with Gasteiger partial charge in [-0.3, -0.25) is 0 Å². The third-order valence-electron chi connectivity index (χ3n) is 2.53. The summed E-state index contributed by atoms with van der Waals surface area (Å²) in [7, 11) is 4.37. The maximum atomic E-state index is 3.45. The van der Waals surface area contributed by atoms with E-state index in [1.165, 1.54) is 38.8 Å². The lowest BCUT2D eigenvalue weighted by molar-refractivity contribution is 0.247. The van der Waals surface area contributed by atoms with Gasteiger partial charge in [-0.15, -0.1) is 0 Å². The van der Waals surface area contributed by atoms with E-state index in [2.05, 4.69) is 24.3 Å². The molecule has 1 fully saturated rings. The molecule has 1 saturated heterocycles. The van der Waals surface area contributed by atoms with Gasteiger partial charge >= 0.3 is 0 Å². The van der Waals surface area contributed by atoms with E-state index >= 15 is 0 Å². The Bertz CT molecular complexity index is 93.7. The molecule has 0 unspecified atom stereocenters. The van der Waals surface area contributed by atoms with E-state index in [1.54, 1.807) is 0 Å². The third-order valence-corrected chi connectivity index (χ3v) is 2.53. The predicted octanol–water partition coefficient (Wildman–Crippen LogP) is 1.08. The summed E-state index contributed by atoms with van der Waals surface area (Å²) in [5, 5.41) is 3.45. The van der Waals surface area contributed by atoms with E-state index in [0.29, 0.717) is 0 Å². The number of rotatable bonds is 1. The summed E-state index contributed by atoms with van der Waals surface area (Å²) in [5.41, 5.74) is 0. The highest BCUT2D eigenvalue weighted by molar-refractivity contribution is 4.70. The molecule has 2 heteroatoms. The van der Waals surface area contributed by atoms with Crippen LogP contribution in [-0.4, -0.2) is 38.1 Å². The lowest BCUT2D eigenvalue weighted by Crippen LogP contribution is -2.33. The van der Waals surface area contributed by atoms with Crippen LogP contribution in [0.15, 0.2) is 0 Å². The SMILES string of the molecule is CN(C)[C@H]1CCCCNCC1. The van der Waals surface area contributed by atoms with Gasteiger partial charge in [-0.25, -0.2) is 0 Å². The van der Waals surface area contributed by atoms with Crippen LogP contribution >= 0.6 is 0 Å². The molecule has 2 nitrogen and oxygen atoms in total. The molecule has 0 aromatic heterocycles. The molecule has 1 heterocycles. The number of nitrogens with one attached hydrogen (secondary N) is 1. The first-order valence-electron chi connectivity index (χ1n) is 4.68. The Morgan fingerprint density at radius 3 is 2.64 bits per heavy atom. The van der Waals surface area contributed by atoms with Crippen molar-refractivity contribution in [2.45, 2.75) is 31.7 Å². The molecule has 1 N–H and O–H groups in total. The second-order valence-corrected chi connectivity index (χ2v) is 3.65. The Balaban J connectivity index is 2.26. The van der Waals surface area contributed by atoms with Crippen LogP contribution in [0.2, 0.25) is 0 Å². The second-order valence-electron chi connectivity index (χ2n) is 3.65. The standard InChI is InChI=1S/C9H20N2/c1-11(2)9-5-3-4-7-10-8-6-9/h9-10H,3-8H2,1-2H3/t9-/m0/s1. The van der Waals surface area contributed by atoms with Gasteiger partial charge in [0.15, 0.2) is 0 Å². The summed E-state index contributed by atoms with van der Waals surface area (Å²) >= 11 is 0. The fourth-order valence-electron chi connectivity index (χ4n) is 1.68. The molecular formula is C9H20N2. The highest BCUT2D eigenvalue weighted by Gasteiger charge is 2.11. The third kappa shape index (κ3) is 3.21. The van der Waals surface area contributed by atoms with Crippen molar-refractivity contribution >= 4 is 0 Å². The molecule has 0 radical (unpaired) electrons. The molecular weight excluding hydrogens is 136 g/mol. The van der Waals surface area contributed by atoms with Gasteiger partial charge in [-0.05, 0) is 46.4 Å². The van der Waals surface area contributed by atoms with E-state index < -0.39 is 0 Å². The zero-order valence-corrected chi connectivity index (χ0v) is 7.77. The first kappa shape index (κ1) is 9.01. The Morgan fingerprint density at radius 2 is 1.91 bits per heavy atom. The molecule has 0 bridgehead atoms. The molecule has 1 aliphatic rings. The van der Waals surface area contributed by atoms with Crippen molar-refractivity contribution in [1.82, 2.24) is 10.2 Å². The molecule has 1 rings (SSSR count). The van der Waals surface area contributed by atoms with Crippen LogP contribution < -0.4 is 5.32 Å². The van der Waals surface area contributed by atoms with Gasteiger partial charge in [0.1, 0.15) is 0 Å². The van der Waals surface area contributed by atoms with Gasteiger partial charge in [0, 0.05) is 6.04 Å². The average Bonchev–Trinajstić information content (AvgIpc) is 1.84. The Labute approximate surface area is 70.0 Å². The summed E-state index contributed by atoms with van der Waals surface area (Å²) in [6.45, 7) is 2.42. The quantitative estimate of drug-likeness (QED) is 0.611. The van der Waals surface area contributed by atoms with Crippen LogP contribution in [0.25, 0.3) is 0 Å². The second kappa shape index (κ2) is 4.73. The fourth-order valence-corrected chi connectivity index (χ4v) is 1.68. The topological polar surface area (TPSA) is 15.3 Å². The lowest BCUT2D eigenvalue weighted by Gasteiger charge is -2.26. The predicted molar refractivity (Wildman–Crippen MR) is 48.8 cm³/mol. The lowest BCUT2D eigenvalue weighted by atomic mass is 10.0. The van der Waals surface area contributed by atoms with Crippen molar-refractivity contribution in [1.29, 1.82) is 0 Å². The first-order chi connectivity index (χ1) is 5.30. The summed E-state index contributed by atoms with van der Waals surface area (Å²) < 4.78 is 0. The molecule has 0 aliphatic carbocycles. The normalized spacial score (nSPS) is 28.1. The van der Waals surface area contributed by atoms with Crippen molar-refractivity contribution in [3.63, 3.8) is 0 Å². The molecule has 0 aromatic carbocycles. The van der Waals surface area contributed by atoms with Crippen molar-refractivity contribution in [2.75, 3.05) is 27.2 Å². The van der Waals surface area contributed by atoms with E-state index in [4.69, 9.17) is 0 Å². The highest BCUT2D eigenvalue weighted by atomic mass is 15.1. The van der Waals surface area contributed by atoms with Gasteiger partial charge in [-0.1, -0.05) is 6.42 Å². The fraction of sp³-hybridized carbons (Fsp3) is 1.00. The van der Waals surface area contributed by atoms with E-state index in [-0.39, 0.29) is 0 Å². The summed E-state index contributed by atoms with van der Waals surface area (Å²) in [6.07, 6.45) is 5.43. The summed E-state index contributed by atoms with van der Waals surface area (Å²) in [6, 6.07) is 0.808. The van der Waals surface area contributed by atoms with Crippen LogP contribution in [0.1, 0.15) is 25.7 Å². The van der Waals surface area contributed by atoms with Crippen molar-refractivity contribution in [3.05, 3.63) is 0 Å². The molecule has 0 amide bonds. The molecule has 0 saturated carbocycles. The smallest absolute Gasteiger partial charge is 0.0101 e. The van der Waals surface area contributed by atoms with Gasteiger partial charge in [0.25, 0.3) is 0 Å². The van der Waals surface area contributed by atoms with Crippen LogP contribution in [-0.2, 0) is 0 Å². The van der Waals surface area contributed by atoms with Crippen molar-refractivity contribution in [3.8, 4) is 0 Å². The summed E-state index contributed by atoms with van der Waals surface area (Å²) in [5.74, 6) is 0. The maximum absolute atomic E-state index is 3.45. The van der Waals surface area contributed by atoms with Crippen molar-refractivity contribution in [2.24, 2.45) is 0 Å². The van der Waals surface area contributed by atoms with E-state index in [9.17, 15) is 0 Å². The van der Waals surface area contributed by atoms with Crippen LogP contribution in [0, 0.1) is 0 Å². The molecule has 0 spiro atoms. The first-order valence-corrected chi connectivity index (χ1v) is 4.68. The van der Waals surface area contributed by atoms with Gasteiger partial charge in [-0.2, -0.15) is 0 Å². The Morgan fingerprint density at radius 1 is 1.09 bits per heavy atom. The van der Waals surface area contributed by atoms with Crippen LogP contribution in [0.5, 0.6) is 0 Å². The minimum Gasteiger partial charge on any atom is -0.317 e. The van der Waals surface area contributed by atoms with Gasteiger partial charge < -0.3 is 10.2 Å². The minimum absolute atomic E-state index is 0.808. The molecule has 0 aromatic rings. The number of nitrogens with zero attached hydrogens (tertiary/aromatic N) is 1. The average molecular weight is 156 g/mol. The minimum atomic E-state index is 0.808. The zero-order chi connectivity index (χ0) is 8.10. The zero-order valence-electron chi connectivity index (χ0n) is 7.77. The van der Waals surface area contributed by atoms with Gasteiger partial charge in [0.2, 0.25) is 0 Å². The largest absolute Gasteiger partial charge is 0.317 e. The molecule has 1 aliphatic heterocycles. The van der Waals surface area contributed by atoms with Crippen LogP contribution in [0.4, 0.5) is 0 Å². The Hall–Kier alpha value is -0.0800. The van der Waals surface area contributed by atoms with Gasteiger partial charge in [0.05, 0.1) is 0 Å². The molecule has 66 valence electrons. The number of hydrogen-bond donors (Lipinski definition) is 1. The van der Waals surface area contributed by atoms with Crippen LogP contribution in [0.3, 0.4) is 0 Å². The highest BCUT2D eigenvalue weighted by Crippen LogP contribution is 2.10. The Kier molecular flexibility index (Phi) is 3.87. The molecule has 1 atom stereocenters.